The molecule has 0 aliphatic heterocycles. The van der Waals surface area contributed by atoms with Gasteiger partial charge in [-0.1, -0.05) is 0 Å². The number of aromatic carboxylic acids is 1. The van der Waals surface area contributed by atoms with Crippen molar-refractivity contribution in [2.75, 3.05) is 12.4 Å². The first-order valence-electron chi connectivity index (χ1n) is 11.0. The average Bonchev–Trinajstić information content (AvgIpc) is 3.14. The van der Waals surface area contributed by atoms with Crippen LogP contribution in [0.15, 0.2) is 24.5 Å². The second-order valence-electron chi connectivity index (χ2n) is 8.46. The second-order valence-corrected chi connectivity index (χ2v) is 9.46. The van der Waals surface area contributed by atoms with Crippen LogP contribution in [0.5, 0.6) is 5.75 Å². The molecule has 0 radical (unpaired) electrons. The quantitative estimate of drug-likeness (QED) is 0.383. The van der Waals surface area contributed by atoms with Crippen LogP contribution in [0.1, 0.15) is 47.8 Å². The minimum Gasteiger partial charge on any atom is -0.488 e. The fraction of sp³-hybridized carbons (Fsp3) is 0.375. The Hall–Kier alpha value is -3.40. The lowest BCUT2D eigenvalue weighted by Crippen LogP contribution is -2.27. The Bertz CT molecular complexity index is 1280. The number of ether oxygens (including phenoxy) is 1. The maximum atomic E-state index is 14.1. The zero-order valence-corrected chi connectivity index (χ0v) is 20.0. The summed E-state index contributed by atoms with van der Waals surface area (Å²) in [6.07, 6.45) is 6.56. The third-order valence-corrected chi connectivity index (χ3v) is 7.25. The number of nitrogens with zero attached hydrogens (tertiary/aromatic N) is 3. The zero-order valence-electron chi connectivity index (χ0n) is 19.2. The van der Waals surface area contributed by atoms with Crippen LogP contribution in [-0.2, 0) is 4.79 Å². The van der Waals surface area contributed by atoms with Crippen molar-refractivity contribution in [3.05, 3.63) is 40.8 Å². The summed E-state index contributed by atoms with van der Waals surface area (Å²) in [5, 5.41) is 13.3. The van der Waals surface area contributed by atoms with Gasteiger partial charge in [0.05, 0.1) is 24.1 Å². The highest BCUT2D eigenvalue weighted by atomic mass is 32.1. The van der Waals surface area contributed by atoms with Gasteiger partial charge in [-0.25, -0.2) is 23.9 Å². The van der Waals surface area contributed by atoms with Crippen LogP contribution in [0.3, 0.4) is 0 Å². The zero-order chi connectivity index (χ0) is 24.4. The Kier molecular flexibility index (Phi) is 6.87. The molecule has 2 aromatic heterocycles. The van der Waals surface area contributed by atoms with Gasteiger partial charge in [0, 0.05) is 12.0 Å². The van der Waals surface area contributed by atoms with Crippen LogP contribution in [0, 0.1) is 18.7 Å². The van der Waals surface area contributed by atoms with Crippen LogP contribution in [0.25, 0.3) is 10.2 Å². The fourth-order valence-corrected chi connectivity index (χ4v) is 5.14. The molecule has 0 bridgehead atoms. The van der Waals surface area contributed by atoms with Crippen LogP contribution < -0.4 is 10.1 Å². The van der Waals surface area contributed by atoms with Crippen molar-refractivity contribution < 1.29 is 28.4 Å². The Balaban J connectivity index is 1.55. The van der Waals surface area contributed by atoms with Gasteiger partial charge in [-0.2, -0.15) is 4.58 Å². The van der Waals surface area contributed by atoms with Gasteiger partial charge in [-0.05, 0) is 50.3 Å². The van der Waals surface area contributed by atoms with Crippen molar-refractivity contribution in [3.8, 4) is 5.75 Å². The molecule has 178 valence electrons. The fourth-order valence-electron chi connectivity index (χ4n) is 4.15. The lowest BCUT2D eigenvalue weighted by atomic mass is 9.88. The van der Waals surface area contributed by atoms with Crippen LogP contribution in [0.4, 0.5) is 15.9 Å². The van der Waals surface area contributed by atoms with E-state index in [9.17, 15) is 19.1 Å². The number of rotatable bonds is 6. The standard InChI is InChI=1S/C24H25FN4O4S/c1-13-20-22(26-12-27-23(20)34-21(13)24(31)32)28-18-9-6-16(25)10-19(18)33-17-7-4-15(5-8-17)11-29(3)14(2)30/h6,9-12,15,17H,4-5,7-8H2,1-3H3,(H-,26,27,28,31,32)/p+1. The molecule has 34 heavy (non-hydrogen) atoms. The first-order chi connectivity index (χ1) is 16.2. The van der Waals surface area contributed by atoms with Gasteiger partial charge in [-0.15, -0.1) is 11.3 Å². The van der Waals surface area contributed by atoms with Crippen molar-refractivity contribution >= 4 is 51.1 Å². The highest BCUT2D eigenvalue weighted by molar-refractivity contribution is 7.20. The Morgan fingerprint density at radius 1 is 1.26 bits per heavy atom. The van der Waals surface area contributed by atoms with Gasteiger partial charge in [-0.3, -0.25) is 0 Å². The molecule has 1 aromatic carbocycles. The van der Waals surface area contributed by atoms with Gasteiger partial charge < -0.3 is 15.2 Å². The monoisotopic (exact) mass is 485 g/mol. The molecule has 0 unspecified atom stereocenters. The molecular weight excluding hydrogens is 459 g/mol. The van der Waals surface area contributed by atoms with E-state index >= 15 is 0 Å². The number of carboxylic acid groups (broad SMARTS) is 1. The van der Waals surface area contributed by atoms with Gasteiger partial charge >= 0.3 is 11.9 Å². The normalized spacial score (nSPS) is 18.6. The van der Waals surface area contributed by atoms with E-state index in [2.05, 4.69) is 15.3 Å². The molecule has 4 rings (SSSR count). The summed E-state index contributed by atoms with van der Waals surface area (Å²) >= 11 is 1.09. The topological polar surface area (TPSA) is 104 Å². The third kappa shape index (κ3) is 5.06. The lowest BCUT2D eigenvalue weighted by molar-refractivity contribution is -0.414. The van der Waals surface area contributed by atoms with Crippen molar-refractivity contribution in [3.63, 3.8) is 0 Å². The Morgan fingerprint density at radius 3 is 2.68 bits per heavy atom. The summed E-state index contributed by atoms with van der Waals surface area (Å²) in [6.45, 7) is 3.26. The molecule has 1 saturated carbocycles. The van der Waals surface area contributed by atoms with Gasteiger partial charge in [0.25, 0.3) is 0 Å². The van der Waals surface area contributed by atoms with Crippen molar-refractivity contribution in [1.82, 2.24) is 9.97 Å². The average molecular weight is 486 g/mol. The number of amides is 1. The molecule has 2 heterocycles. The summed E-state index contributed by atoms with van der Waals surface area (Å²) in [4.78, 5) is 32.3. The predicted octanol–water partition coefficient (Wildman–Crippen LogP) is 4.78. The van der Waals surface area contributed by atoms with E-state index in [0.29, 0.717) is 39.0 Å². The maximum Gasteiger partial charge on any atom is 0.383 e. The number of halogens is 1. The number of fused-ring (bicyclic) bond motifs is 1. The molecule has 8 nitrogen and oxygen atoms in total. The molecular formula is C24H26FN4O4S+. The highest BCUT2D eigenvalue weighted by Gasteiger charge is 2.25. The number of carboxylic acids is 1. The van der Waals surface area contributed by atoms with Gasteiger partial charge in [0.15, 0.2) is 6.21 Å². The number of carbonyl (C=O) groups excluding carboxylic acids is 1. The molecule has 1 aliphatic carbocycles. The number of benzene rings is 1. The summed E-state index contributed by atoms with van der Waals surface area (Å²) in [7, 11) is 1.76. The smallest absolute Gasteiger partial charge is 0.383 e. The van der Waals surface area contributed by atoms with Crippen molar-refractivity contribution in [1.29, 1.82) is 0 Å². The molecule has 1 fully saturated rings. The Morgan fingerprint density at radius 2 is 2.00 bits per heavy atom. The third-order valence-electron chi connectivity index (χ3n) is 6.06. The minimum absolute atomic E-state index is 0.00372. The lowest BCUT2D eigenvalue weighted by Gasteiger charge is -2.27. The van der Waals surface area contributed by atoms with E-state index in [1.165, 1.54) is 25.4 Å². The number of aromatic nitrogens is 2. The van der Waals surface area contributed by atoms with E-state index < -0.39 is 11.8 Å². The van der Waals surface area contributed by atoms with Gasteiger partial charge in [0.2, 0.25) is 0 Å². The number of aryl methyl sites for hydroxylation is 1. The maximum absolute atomic E-state index is 14.1. The largest absolute Gasteiger partial charge is 0.488 e. The van der Waals surface area contributed by atoms with E-state index in [0.717, 1.165) is 37.0 Å². The van der Waals surface area contributed by atoms with Crippen LogP contribution >= 0.6 is 11.3 Å². The number of carbonyl (C=O) groups is 2. The summed E-state index contributed by atoms with van der Waals surface area (Å²) in [5.41, 5.74) is 1.11. The minimum atomic E-state index is -1.01. The van der Waals surface area contributed by atoms with E-state index in [1.54, 1.807) is 24.6 Å². The molecule has 1 aliphatic rings. The van der Waals surface area contributed by atoms with Crippen molar-refractivity contribution in [2.24, 2.45) is 5.92 Å². The van der Waals surface area contributed by atoms with E-state index in [1.807, 2.05) is 6.21 Å². The molecule has 0 saturated heterocycles. The molecule has 10 heteroatoms. The molecule has 0 spiro atoms. The predicted molar refractivity (Wildman–Crippen MR) is 128 cm³/mol. The molecule has 3 aromatic rings. The number of thiophene rings is 1. The first-order valence-corrected chi connectivity index (χ1v) is 11.8. The van der Waals surface area contributed by atoms with Crippen molar-refractivity contribution in [2.45, 2.75) is 45.6 Å². The summed E-state index contributed by atoms with van der Waals surface area (Å²) < 4.78 is 21.9. The molecule has 1 amide bonds. The highest BCUT2D eigenvalue weighted by Crippen LogP contribution is 2.37. The van der Waals surface area contributed by atoms with E-state index in [-0.39, 0.29) is 16.9 Å². The first kappa shape index (κ1) is 23.7. The molecule has 0 atom stereocenters. The summed E-state index contributed by atoms with van der Waals surface area (Å²) in [6, 6.07) is 4.26. The Labute approximate surface area is 200 Å². The number of hydrogen-bond acceptors (Lipinski definition) is 7. The number of hydrogen-bond donors (Lipinski definition) is 2. The summed E-state index contributed by atoms with van der Waals surface area (Å²) in [5.74, 6) is -0.320. The SMILES string of the molecule is CC(=O)[N+](C)=CC1CCC(Oc2cc(F)ccc2Nc2ncnc3sc(C(=O)O)c(C)c23)CC1. The van der Waals surface area contributed by atoms with Crippen LogP contribution in [-0.4, -0.2) is 50.9 Å². The second kappa shape index (κ2) is 9.84. The van der Waals surface area contributed by atoms with Gasteiger partial charge in [0.1, 0.15) is 40.5 Å². The van der Waals surface area contributed by atoms with E-state index in [4.69, 9.17) is 4.74 Å². The molecule has 2 N–H and O–H groups in total. The number of nitrogens with one attached hydrogen (secondary N) is 1. The van der Waals surface area contributed by atoms with Crippen LogP contribution in [0.2, 0.25) is 0 Å². The number of anilines is 2.